The summed E-state index contributed by atoms with van der Waals surface area (Å²) in [7, 11) is -3.70. The van der Waals surface area contributed by atoms with Gasteiger partial charge in [0.1, 0.15) is 0 Å². The molecule has 1 heterocycles. The Kier molecular flexibility index (Phi) is 4.28. The topological polar surface area (TPSA) is 101 Å². The van der Waals surface area contributed by atoms with Gasteiger partial charge in [0, 0.05) is 13.1 Å². The Bertz CT molecular complexity index is 347. The summed E-state index contributed by atoms with van der Waals surface area (Å²) in [6, 6.07) is 0. The Hall–Kier alpha value is -0.660. The van der Waals surface area contributed by atoms with Gasteiger partial charge >= 0.3 is 5.97 Å². The molecule has 0 aromatic carbocycles. The molecular formula is C9H18N2O4S. The highest BCUT2D eigenvalue weighted by Gasteiger charge is 2.35. The third-order valence-electron chi connectivity index (χ3n) is 3.06. The molecule has 0 aliphatic carbocycles. The second kappa shape index (κ2) is 5.11. The molecule has 0 spiro atoms. The molecule has 1 fully saturated rings. The fourth-order valence-electron chi connectivity index (χ4n) is 1.75. The zero-order valence-electron chi connectivity index (χ0n) is 9.30. The maximum Gasteiger partial charge on any atom is 0.323 e. The van der Waals surface area contributed by atoms with Crippen molar-refractivity contribution in [2.75, 3.05) is 19.6 Å². The molecule has 94 valence electrons. The molecule has 0 aromatic rings. The number of nitrogens with zero attached hydrogens (tertiary/aromatic N) is 1. The molecule has 1 aliphatic rings. The first kappa shape index (κ1) is 13.4. The summed E-state index contributed by atoms with van der Waals surface area (Å²) in [4.78, 5) is 10.7. The zero-order valence-corrected chi connectivity index (χ0v) is 10.1. The van der Waals surface area contributed by atoms with Crippen molar-refractivity contribution in [2.24, 2.45) is 11.7 Å². The van der Waals surface area contributed by atoms with Crippen molar-refractivity contribution in [3.63, 3.8) is 0 Å². The highest BCUT2D eigenvalue weighted by Crippen LogP contribution is 2.20. The Morgan fingerprint density at radius 1 is 1.50 bits per heavy atom. The van der Waals surface area contributed by atoms with E-state index in [0.717, 1.165) is 0 Å². The molecule has 16 heavy (non-hydrogen) atoms. The van der Waals surface area contributed by atoms with Gasteiger partial charge in [-0.3, -0.25) is 4.79 Å². The van der Waals surface area contributed by atoms with Crippen LogP contribution < -0.4 is 5.73 Å². The molecule has 1 unspecified atom stereocenters. The summed E-state index contributed by atoms with van der Waals surface area (Å²) in [5, 5.41) is 7.35. The predicted molar refractivity (Wildman–Crippen MR) is 59.4 cm³/mol. The molecule has 0 aromatic heterocycles. The van der Waals surface area contributed by atoms with Crippen molar-refractivity contribution < 1.29 is 18.3 Å². The van der Waals surface area contributed by atoms with Crippen LogP contribution in [-0.2, 0) is 14.8 Å². The van der Waals surface area contributed by atoms with E-state index in [1.807, 2.05) is 0 Å². The highest BCUT2D eigenvalue weighted by atomic mass is 32.2. The third kappa shape index (κ3) is 2.72. The molecule has 1 aliphatic heterocycles. The van der Waals surface area contributed by atoms with E-state index in [2.05, 4.69) is 0 Å². The van der Waals surface area contributed by atoms with Crippen molar-refractivity contribution in [2.45, 2.75) is 25.0 Å². The van der Waals surface area contributed by atoms with Gasteiger partial charge in [0.05, 0.1) is 0 Å². The quantitative estimate of drug-likeness (QED) is 0.698. The minimum atomic E-state index is -3.70. The lowest BCUT2D eigenvalue weighted by molar-refractivity contribution is -0.136. The Morgan fingerprint density at radius 3 is 2.38 bits per heavy atom. The lowest BCUT2D eigenvalue weighted by Crippen LogP contribution is -2.45. The molecular weight excluding hydrogens is 232 g/mol. The predicted octanol–water partition coefficient (Wildman–Crippen LogP) is -0.540. The second-order valence-corrected chi connectivity index (χ2v) is 6.36. The van der Waals surface area contributed by atoms with E-state index < -0.39 is 21.2 Å². The molecule has 1 rings (SSSR count). The fraction of sp³-hybridized carbons (Fsp3) is 0.889. The largest absolute Gasteiger partial charge is 0.480 e. The monoisotopic (exact) mass is 250 g/mol. The van der Waals surface area contributed by atoms with Crippen molar-refractivity contribution in [1.82, 2.24) is 4.31 Å². The van der Waals surface area contributed by atoms with Gasteiger partial charge in [-0.25, -0.2) is 12.7 Å². The van der Waals surface area contributed by atoms with Gasteiger partial charge in [0.25, 0.3) is 0 Å². The SMILES string of the molecule is CC(C(=O)O)S(=O)(=O)N1CCC(CN)CC1. The van der Waals surface area contributed by atoms with Gasteiger partial charge in [-0.05, 0) is 32.2 Å². The number of hydrogen-bond acceptors (Lipinski definition) is 4. The van der Waals surface area contributed by atoms with Gasteiger partial charge in [0.2, 0.25) is 10.0 Å². The highest BCUT2D eigenvalue weighted by molar-refractivity contribution is 7.90. The van der Waals surface area contributed by atoms with E-state index in [4.69, 9.17) is 10.8 Å². The number of nitrogens with two attached hydrogens (primary N) is 1. The summed E-state index contributed by atoms with van der Waals surface area (Å²) in [6.07, 6.45) is 1.42. The van der Waals surface area contributed by atoms with Crippen LogP contribution >= 0.6 is 0 Å². The number of aliphatic carboxylic acids is 1. The Morgan fingerprint density at radius 2 is 2.00 bits per heavy atom. The minimum absolute atomic E-state index is 0.353. The van der Waals surface area contributed by atoms with Crippen LogP contribution in [0.5, 0.6) is 0 Å². The standard InChI is InChI=1S/C9H18N2O4S/c1-7(9(12)13)16(14,15)11-4-2-8(6-10)3-5-11/h7-8H,2-6,10H2,1H3,(H,12,13). The van der Waals surface area contributed by atoms with Crippen LogP contribution in [-0.4, -0.2) is 48.7 Å². The number of carboxylic acids is 1. The van der Waals surface area contributed by atoms with Gasteiger partial charge in [0.15, 0.2) is 5.25 Å². The van der Waals surface area contributed by atoms with Crippen LogP contribution in [0.25, 0.3) is 0 Å². The number of carboxylic acid groups (broad SMARTS) is 1. The van der Waals surface area contributed by atoms with Gasteiger partial charge in [-0.2, -0.15) is 0 Å². The van der Waals surface area contributed by atoms with Crippen LogP contribution in [0.1, 0.15) is 19.8 Å². The van der Waals surface area contributed by atoms with E-state index >= 15 is 0 Å². The van der Waals surface area contributed by atoms with Gasteiger partial charge in [-0.1, -0.05) is 0 Å². The number of rotatable bonds is 4. The summed E-state index contributed by atoms with van der Waals surface area (Å²) in [6.45, 7) is 2.51. The van der Waals surface area contributed by atoms with E-state index in [9.17, 15) is 13.2 Å². The first-order valence-corrected chi connectivity index (χ1v) is 6.81. The van der Waals surface area contributed by atoms with Crippen LogP contribution in [0.3, 0.4) is 0 Å². The van der Waals surface area contributed by atoms with Crippen molar-refractivity contribution in [3.05, 3.63) is 0 Å². The molecule has 7 heteroatoms. The second-order valence-electron chi connectivity index (χ2n) is 4.10. The normalized spacial score (nSPS) is 21.9. The summed E-state index contributed by atoms with van der Waals surface area (Å²) in [5.74, 6) is -0.951. The van der Waals surface area contributed by atoms with Gasteiger partial charge in [-0.15, -0.1) is 0 Å². The summed E-state index contributed by atoms with van der Waals surface area (Å²) >= 11 is 0. The van der Waals surface area contributed by atoms with Crippen molar-refractivity contribution >= 4 is 16.0 Å². The average molecular weight is 250 g/mol. The number of sulfonamides is 1. The minimum Gasteiger partial charge on any atom is -0.480 e. The maximum absolute atomic E-state index is 11.8. The van der Waals surface area contributed by atoms with Crippen LogP contribution in [0.4, 0.5) is 0 Å². The fourth-order valence-corrected chi connectivity index (χ4v) is 3.17. The molecule has 3 N–H and O–H groups in total. The van der Waals surface area contributed by atoms with Crippen LogP contribution in [0.2, 0.25) is 0 Å². The molecule has 1 atom stereocenters. The molecule has 0 bridgehead atoms. The molecule has 0 amide bonds. The van der Waals surface area contributed by atoms with Crippen molar-refractivity contribution in [1.29, 1.82) is 0 Å². The third-order valence-corrected chi connectivity index (χ3v) is 5.24. The molecule has 1 saturated heterocycles. The Balaban J connectivity index is 2.69. The van der Waals surface area contributed by atoms with Crippen molar-refractivity contribution in [3.8, 4) is 0 Å². The number of hydrogen-bond donors (Lipinski definition) is 2. The molecule has 6 nitrogen and oxygen atoms in total. The van der Waals surface area contributed by atoms with Crippen LogP contribution in [0.15, 0.2) is 0 Å². The lowest BCUT2D eigenvalue weighted by Gasteiger charge is -2.31. The number of piperidine rings is 1. The maximum atomic E-state index is 11.8. The smallest absolute Gasteiger partial charge is 0.323 e. The first-order valence-electron chi connectivity index (χ1n) is 5.31. The first-order chi connectivity index (χ1) is 7.39. The van der Waals surface area contributed by atoms with Gasteiger partial charge < -0.3 is 10.8 Å². The van der Waals surface area contributed by atoms with E-state index in [1.54, 1.807) is 0 Å². The van der Waals surface area contributed by atoms with E-state index in [-0.39, 0.29) is 0 Å². The Labute approximate surface area is 95.5 Å². The average Bonchev–Trinajstić information content (AvgIpc) is 2.28. The summed E-state index contributed by atoms with van der Waals surface area (Å²) < 4.78 is 24.9. The van der Waals surface area contributed by atoms with E-state index in [0.29, 0.717) is 38.4 Å². The number of carbonyl (C=O) groups is 1. The zero-order chi connectivity index (χ0) is 12.3. The lowest BCUT2D eigenvalue weighted by atomic mass is 9.99. The van der Waals surface area contributed by atoms with E-state index in [1.165, 1.54) is 11.2 Å². The molecule has 0 saturated carbocycles. The van der Waals surface area contributed by atoms with Crippen LogP contribution in [0, 0.1) is 5.92 Å². The summed E-state index contributed by atoms with van der Waals surface area (Å²) in [5.41, 5.74) is 5.50. The molecule has 0 radical (unpaired) electrons.